The maximum Gasteiger partial charge on any atom is 0.159 e. The van der Waals surface area contributed by atoms with Gasteiger partial charge in [0.15, 0.2) is 5.60 Å². The van der Waals surface area contributed by atoms with Crippen molar-refractivity contribution in [3.8, 4) is 5.75 Å². The number of quaternary nitrogens is 2. The van der Waals surface area contributed by atoms with Crippen molar-refractivity contribution in [3.05, 3.63) is 58.1 Å². The quantitative estimate of drug-likeness (QED) is 0.518. The maximum atomic E-state index is 6.61. The van der Waals surface area contributed by atoms with Crippen LogP contribution in [-0.2, 0) is 6.42 Å². The molecular weight excluding hydrogens is 403 g/mol. The standard InChI is InChI=1S/C24H32N2O.2ClH/c1-16-17(2)23-21(18(3)22(16)25)14-24(4,27-23)15-26-12-10-20(11-13-26)19-8-6-5-7-9-19;;/h5-9,20H,10-15,25H2,1-4H3;2*1H/t24-;;/m0../s1. The molecule has 2 aromatic rings. The highest BCUT2D eigenvalue weighted by Gasteiger charge is 2.42. The Kier molecular flexibility index (Phi) is 7.67. The normalized spacial score (nSPS) is 25.4. The van der Waals surface area contributed by atoms with Crippen molar-refractivity contribution in [2.45, 2.75) is 58.5 Å². The zero-order chi connectivity index (χ0) is 19.2. The third kappa shape index (κ3) is 4.59. The van der Waals surface area contributed by atoms with E-state index in [1.807, 2.05) is 0 Å². The molecule has 3 nitrogen and oxygen atoms in total. The Morgan fingerprint density at radius 2 is 1.62 bits per heavy atom. The molecule has 4 rings (SSSR count). The van der Waals surface area contributed by atoms with Gasteiger partial charge in [-0.2, -0.15) is 0 Å². The second-order valence-corrected chi connectivity index (χ2v) is 9.00. The van der Waals surface area contributed by atoms with Gasteiger partial charge in [-0.05, 0) is 39.2 Å². The summed E-state index contributed by atoms with van der Waals surface area (Å²) in [5.74, 6) is 1.86. The van der Waals surface area contributed by atoms with E-state index in [-0.39, 0.29) is 30.4 Å². The van der Waals surface area contributed by atoms with E-state index >= 15 is 0 Å². The highest BCUT2D eigenvalue weighted by molar-refractivity contribution is 5.62. The fourth-order valence-corrected chi connectivity index (χ4v) is 5.15. The first-order chi connectivity index (χ1) is 12.9. The van der Waals surface area contributed by atoms with Crippen LogP contribution < -0.4 is 40.2 Å². The van der Waals surface area contributed by atoms with Crippen LogP contribution in [0.2, 0.25) is 0 Å². The van der Waals surface area contributed by atoms with Crippen LogP contribution in [-0.4, -0.2) is 25.2 Å². The molecule has 2 aromatic carbocycles. The molecule has 0 bridgehead atoms. The lowest BCUT2D eigenvalue weighted by Crippen LogP contribution is -3.15. The smallest absolute Gasteiger partial charge is 0.159 e. The third-order valence-electron chi connectivity index (χ3n) is 7.02. The van der Waals surface area contributed by atoms with Crippen LogP contribution in [0.3, 0.4) is 0 Å². The molecule has 2 aliphatic heterocycles. The van der Waals surface area contributed by atoms with Crippen LogP contribution in [0, 0.1) is 20.8 Å². The third-order valence-corrected chi connectivity index (χ3v) is 7.02. The summed E-state index contributed by atoms with van der Waals surface area (Å²) in [5.41, 5.74) is 12.2. The lowest BCUT2D eigenvalue weighted by Gasteiger charge is -2.34. The van der Waals surface area contributed by atoms with Gasteiger partial charge >= 0.3 is 0 Å². The van der Waals surface area contributed by atoms with Gasteiger partial charge in [-0.25, -0.2) is 0 Å². The van der Waals surface area contributed by atoms with E-state index in [2.05, 4.69) is 63.8 Å². The second kappa shape index (κ2) is 9.26. The van der Waals surface area contributed by atoms with Gasteiger partial charge in [-0.15, -0.1) is 0 Å². The second-order valence-electron chi connectivity index (χ2n) is 9.00. The number of rotatable bonds is 3. The largest absolute Gasteiger partial charge is 1.00 e. The summed E-state index contributed by atoms with van der Waals surface area (Å²) in [6.45, 7) is 12.4. The maximum absolute atomic E-state index is 6.61. The molecule has 160 valence electrons. The highest BCUT2D eigenvalue weighted by atomic mass is 35.5. The van der Waals surface area contributed by atoms with E-state index in [0.717, 1.165) is 24.6 Å². The predicted octanol–water partition coefficient (Wildman–Crippen LogP) is -3.35. The van der Waals surface area contributed by atoms with Gasteiger partial charge in [0.05, 0.1) is 13.1 Å². The van der Waals surface area contributed by atoms with Crippen LogP contribution in [0.25, 0.3) is 0 Å². The van der Waals surface area contributed by atoms with Gasteiger partial charge in [0.2, 0.25) is 0 Å². The predicted molar refractivity (Wildman–Crippen MR) is 110 cm³/mol. The first-order valence-electron chi connectivity index (χ1n) is 10.4. The Labute approximate surface area is 187 Å². The van der Waals surface area contributed by atoms with Crippen molar-refractivity contribution >= 4 is 5.69 Å². The average Bonchev–Trinajstić information content (AvgIpc) is 3.03. The molecule has 2 aliphatic rings. The summed E-state index contributed by atoms with van der Waals surface area (Å²) in [6.07, 6.45) is 3.58. The molecular formula is C24H34Cl2N2O. The van der Waals surface area contributed by atoms with Gasteiger partial charge in [0.25, 0.3) is 0 Å². The number of hydrogen-bond acceptors (Lipinski definition) is 1. The van der Waals surface area contributed by atoms with Crippen molar-refractivity contribution in [1.29, 1.82) is 0 Å². The Morgan fingerprint density at radius 1 is 1.00 bits per heavy atom. The molecule has 0 aromatic heterocycles. The number of hydrogen-bond donors (Lipinski definition) is 2. The number of nitrogens with one attached hydrogen (secondary N) is 1. The van der Waals surface area contributed by atoms with Crippen molar-refractivity contribution in [2.75, 3.05) is 19.6 Å². The topological polar surface area (TPSA) is 41.3 Å². The summed E-state index contributed by atoms with van der Waals surface area (Å²) in [4.78, 5) is 1.69. The SMILES string of the molecule is Cc1c(C)c2c(c(C)c1[NH3+])C[C@@](C)(C[NH+]1CCC(c3ccccc3)CC1)O2.[Cl-].[Cl-]. The number of benzene rings is 2. The average molecular weight is 437 g/mol. The fraction of sp³-hybridized carbons (Fsp3) is 0.500. The van der Waals surface area contributed by atoms with Crippen LogP contribution in [0.1, 0.15) is 53.5 Å². The van der Waals surface area contributed by atoms with E-state index in [9.17, 15) is 0 Å². The number of likely N-dealkylation sites (tertiary alicyclic amines) is 1. The van der Waals surface area contributed by atoms with Crippen LogP contribution in [0.4, 0.5) is 5.69 Å². The Bertz CT molecular complexity index is 809. The molecule has 0 aliphatic carbocycles. The van der Waals surface area contributed by atoms with Gasteiger partial charge in [0, 0.05) is 41.5 Å². The Hall–Kier alpha value is -1.26. The number of halogens is 2. The number of fused-ring (bicyclic) bond motifs is 1. The van der Waals surface area contributed by atoms with Crippen LogP contribution >= 0.6 is 0 Å². The summed E-state index contributed by atoms with van der Waals surface area (Å²) in [7, 11) is 0. The summed E-state index contributed by atoms with van der Waals surface area (Å²) in [5, 5.41) is 0. The first kappa shape index (κ1) is 24.0. The van der Waals surface area contributed by atoms with Gasteiger partial charge in [-0.3, -0.25) is 0 Å². The van der Waals surface area contributed by atoms with E-state index in [0.29, 0.717) is 0 Å². The number of piperidine rings is 1. The van der Waals surface area contributed by atoms with Gasteiger partial charge < -0.3 is 40.2 Å². The van der Waals surface area contributed by atoms with E-state index < -0.39 is 0 Å². The molecule has 1 atom stereocenters. The summed E-state index contributed by atoms with van der Waals surface area (Å²) in [6, 6.07) is 11.0. The van der Waals surface area contributed by atoms with Crippen molar-refractivity contribution in [1.82, 2.24) is 0 Å². The monoisotopic (exact) mass is 436 g/mol. The van der Waals surface area contributed by atoms with Crippen molar-refractivity contribution in [2.24, 2.45) is 0 Å². The molecule has 0 unspecified atom stereocenters. The lowest BCUT2D eigenvalue weighted by molar-refractivity contribution is -0.910. The fourth-order valence-electron chi connectivity index (χ4n) is 5.15. The number of ether oxygens (including phenoxy) is 1. The minimum Gasteiger partial charge on any atom is -1.00 e. The molecule has 0 spiro atoms. The Balaban J connectivity index is 0.00000150. The van der Waals surface area contributed by atoms with Crippen LogP contribution in [0.5, 0.6) is 5.75 Å². The molecule has 29 heavy (non-hydrogen) atoms. The molecule has 1 fully saturated rings. The lowest BCUT2D eigenvalue weighted by atomic mass is 9.88. The first-order valence-corrected chi connectivity index (χ1v) is 10.4. The molecule has 1 saturated heterocycles. The van der Waals surface area contributed by atoms with Gasteiger partial charge in [0.1, 0.15) is 18.0 Å². The summed E-state index contributed by atoms with van der Waals surface area (Å²) < 4.78 is 6.61. The molecule has 0 saturated carbocycles. The zero-order valence-corrected chi connectivity index (χ0v) is 19.6. The molecule has 5 heteroatoms. The molecule has 4 N–H and O–H groups in total. The minimum atomic E-state index is -0.0903. The van der Waals surface area contributed by atoms with E-state index in [4.69, 9.17) is 4.74 Å². The van der Waals surface area contributed by atoms with Crippen LogP contribution in [0.15, 0.2) is 30.3 Å². The molecule has 0 amide bonds. The summed E-state index contributed by atoms with van der Waals surface area (Å²) >= 11 is 0. The van der Waals surface area contributed by atoms with E-state index in [1.54, 1.807) is 4.90 Å². The van der Waals surface area contributed by atoms with Crippen molar-refractivity contribution < 1.29 is 40.2 Å². The molecule has 2 heterocycles. The van der Waals surface area contributed by atoms with E-state index in [1.165, 1.54) is 59.4 Å². The molecule has 0 radical (unpaired) electrons. The zero-order valence-electron chi connectivity index (χ0n) is 18.1. The van der Waals surface area contributed by atoms with Gasteiger partial charge in [-0.1, -0.05) is 30.3 Å². The highest BCUT2D eigenvalue weighted by Crippen LogP contribution is 2.42. The minimum absolute atomic E-state index is 0. The van der Waals surface area contributed by atoms with Crippen molar-refractivity contribution in [3.63, 3.8) is 0 Å². The Morgan fingerprint density at radius 3 is 2.24 bits per heavy atom.